The lowest BCUT2D eigenvalue weighted by Gasteiger charge is -2.19. The molecule has 27 heavy (non-hydrogen) atoms. The van der Waals surface area contributed by atoms with E-state index in [0.717, 1.165) is 45.6 Å². The van der Waals surface area contributed by atoms with E-state index in [1.807, 2.05) is 42.5 Å². The zero-order valence-electron chi connectivity index (χ0n) is 15.6. The molecule has 0 aliphatic heterocycles. The van der Waals surface area contributed by atoms with E-state index in [1.165, 1.54) is 5.56 Å². The molecule has 2 nitrogen and oxygen atoms in total. The number of fused-ring (bicyclic) bond motifs is 1. The molecule has 0 radical (unpaired) electrons. The van der Waals surface area contributed by atoms with Crippen LogP contribution in [0.3, 0.4) is 0 Å². The zero-order valence-corrected chi connectivity index (χ0v) is 15.6. The average molecular weight is 354 g/mol. The molecule has 0 aliphatic carbocycles. The van der Waals surface area contributed by atoms with Gasteiger partial charge in [-0.2, -0.15) is 0 Å². The lowest BCUT2D eigenvalue weighted by Crippen LogP contribution is -1.96. The van der Waals surface area contributed by atoms with Gasteiger partial charge in [-0.15, -0.1) is 0 Å². The molecule has 134 valence electrons. The van der Waals surface area contributed by atoms with Crippen LogP contribution in [0.15, 0.2) is 84.9 Å². The summed E-state index contributed by atoms with van der Waals surface area (Å²) in [6.07, 6.45) is 0.919. The van der Waals surface area contributed by atoms with Gasteiger partial charge in [0.05, 0.1) is 7.11 Å². The number of rotatable bonds is 5. The van der Waals surface area contributed by atoms with Crippen LogP contribution in [0.5, 0.6) is 17.2 Å². The second kappa shape index (κ2) is 7.55. The van der Waals surface area contributed by atoms with Crippen molar-refractivity contribution in [3.63, 3.8) is 0 Å². The Morgan fingerprint density at radius 3 is 2.11 bits per heavy atom. The van der Waals surface area contributed by atoms with Gasteiger partial charge >= 0.3 is 0 Å². The van der Waals surface area contributed by atoms with Crippen molar-refractivity contribution in [3.05, 3.63) is 90.5 Å². The Labute approximate surface area is 160 Å². The number of hydrogen-bond acceptors (Lipinski definition) is 2. The predicted octanol–water partition coefficient (Wildman–Crippen LogP) is 6.87. The fourth-order valence-corrected chi connectivity index (χ4v) is 3.45. The minimum Gasteiger partial charge on any atom is -0.497 e. The maximum atomic E-state index is 6.45. The molecule has 0 aromatic heterocycles. The van der Waals surface area contributed by atoms with Crippen LogP contribution in [0.25, 0.3) is 21.9 Å². The third-order valence-electron chi connectivity index (χ3n) is 4.79. The molecule has 4 rings (SSSR count). The fourth-order valence-electron chi connectivity index (χ4n) is 3.45. The van der Waals surface area contributed by atoms with Crippen LogP contribution < -0.4 is 9.47 Å². The normalized spacial score (nSPS) is 10.7. The molecule has 0 fully saturated rings. The lowest BCUT2D eigenvalue weighted by molar-refractivity contribution is 0.415. The first-order valence-corrected chi connectivity index (χ1v) is 9.22. The highest BCUT2D eigenvalue weighted by Gasteiger charge is 2.17. The minimum absolute atomic E-state index is 0.833. The molecule has 0 N–H and O–H groups in total. The maximum absolute atomic E-state index is 6.45. The Morgan fingerprint density at radius 1 is 0.741 bits per heavy atom. The van der Waals surface area contributed by atoms with Crippen molar-refractivity contribution >= 4 is 10.8 Å². The number of benzene rings is 4. The summed E-state index contributed by atoms with van der Waals surface area (Å²) in [5.41, 5.74) is 3.57. The van der Waals surface area contributed by atoms with Crippen LogP contribution in [-0.4, -0.2) is 7.11 Å². The smallest absolute Gasteiger partial charge is 0.143 e. The van der Waals surface area contributed by atoms with Crippen molar-refractivity contribution in [3.8, 4) is 28.4 Å². The lowest BCUT2D eigenvalue weighted by atomic mass is 9.92. The van der Waals surface area contributed by atoms with Gasteiger partial charge in [0.15, 0.2) is 0 Å². The topological polar surface area (TPSA) is 18.5 Å². The Balaban J connectivity index is 2.02. The van der Waals surface area contributed by atoms with Crippen molar-refractivity contribution in [1.82, 2.24) is 0 Å². The first-order chi connectivity index (χ1) is 13.3. The number of para-hydroxylation sites is 1. The van der Waals surface area contributed by atoms with Crippen LogP contribution in [0, 0.1) is 0 Å². The average Bonchev–Trinajstić information content (AvgIpc) is 2.74. The zero-order chi connectivity index (χ0) is 18.6. The third-order valence-corrected chi connectivity index (χ3v) is 4.79. The van der Waals surface area contributed by atoms with Crippen molar-refractivity contribution in [1.29, 1.82) is 0 Å². The molecule has 0 heterocycles. The first-order valence-electron chi connectivity index (χ1n) is 9.22. The van der Waals surface area contributed by atoms with Crippen LogP contribution >= 0.6 is 0 Å². The van der Waals surface area contributed by atoms with Gasteiger partial charge in [0.25, 0.3) is 0 Å². The highest BCUT2D eigenvalue weighted by Crippen LogP contribution is 2.43. The molecule has 4 aromatic carbocycles. The monoisotopic (exact) mass is 354 g/mol. The third kappa shape index (κ3) is 3.39. The predicted molar refractivity (Wildman–Crippen MR) is 112 cm³/mol. The molecule has 0 amide bonds. The van der Waals surface area contributed by atoms with Crippen molar-refractivity contribution in [2.75, 3.05) is 7.11 Å². The van der Waals surface area contributed by atoms with Gasteiger partial charge in [0, 0.05) is 10.9 Å². The molecule has 0 spiro atoms. The summed E-state index contributed by atoms with van der Waals surface area (Å²) in [4.78, 5) is 0. The summed E-state index contributed by atoms with van der Waals surface area (Å²) in [7, 11) is 1.70. The molecule has 0 aliphatic rings. The second-order valence-electron chi connectivity index (χ2n) is 6.46. The number of hydrogen-bond donors (Lipinski definition) is 0. The van der Waals surface area contributed by atoms with Gasteiger partial charge in [0.2, 0.25) is 0 Å². The molecule has 0 bridgehead atoms. The molecule has 0 saturated carbocycles. The number of aryl methyl sites for hydroxylation is 1. The van der Waals surface area contributed by atoms with Crippen molar-refractivity contribution < 1.29 is 9.47 Å². The number of ether oxygens (including phenoxy) is 2. The van der Waals surface area contributed by atoms with Crippen LogP contribution in [0.4, 0.5) is 0 Å². The standard InChI is InChI=1S/C25H22O2/c1-3-18-16-20-17-22(26-2)14-15-23(20)25(27-21-12-8-5-9-13-21)24(18)19-10-6-4-7-11-19/h4-17H,3H2,1-2H3. The molecule has 4 aromatic rings. The maximum Gasteiger partial charge on any atom is 0.143 e. The Hall–Kier alpha value is -3.26. The summed E-state index contributed by atoms with van der Waals surface area (Å²) < 4.78 is 11.9. The Bertz CT molecular complexity index is 1050. The number of methoxy groups -OCH3 is 1. The van der Waals surface area contributed by atoms with E-state index in [0.29, 0.717) is 0 Å². The summed E-state index contributed by atoms with van der Waals surface area (Å²) >= 11 is 0. The quantitative estimate of drug-likeness (QED) is 0.389. The fraction of sp³-hybridized carbons (Fsp3) is 0.120. The van der Waals surface area contributed by atoms with E-state index in [4.69, 9.17) is 9.47 Å². The highest BCUT2D eigenvalue weighted by atomic mass is 16.5. The SMILES string of the molecule is CCc1cc2cc(OC)ccc2c(Oc2ccccc2)c1-c1ccccc1. The molecule has 2 heteroatoms. The van der Waals surface area contributed by atoms with Gasteiger partial charge in [-0.3, -0.25) is 0 Å². The molecule has 0 atom stereocenters. The van der Waals surface area contributed by atoms with Gasteiger partial charge in [-0.1, -0.05) is 61.5 Å². The van der Waals surface area contributed by atoms with Gasteiger partial charge in [-0.05, 0) is 53.3 Å². The van der Waals surface area contributed by atoms with Crippen LogP contribution in [0.1, 0.15) is 12.5 Å². The molecule has 0 unspecified atom stereocenters. The minimum atomic E-state index is 0.833. The molecule has 0 saturated heterocycles. The summed E-state index contributed by atoms with van der Waals surface area (Å²) in [5, 5.41) is 2.20. The molecular weight excluding hydrogens is 332 g/mol. The van der Waals surface area contributed by atoms with E-state index < -0.39 is 0 Å². The molecular formula is C25H22O2. The summed E-state index contributed by atoms with van der Waals surface area (Å²) in [6, 6.07) is 28.8. The summed E-state index contributed by atoms with van der Waals surface area (Å²) in [5.74, 6) is 2.58. The Kier molecular flexibility index (Phi) is 4.80. The van der Waals surface area contributed by atoms with Gasteiger partial charge in [0.1, 0.15) is 17.2 Å². The first kappa shape index (κ1) is 17.2. The van der Waals surface area contributed by atoms with E-state index in [2.05, 4.69) is 49.4 Å². The van der Waals surface area contributed by atoms with Crippen molar-refractivity contribution in [2.24, 2.45) is 0 Å². The van der Waals surface area contributed by atoms with E-state index >= 15 is 0 Å². The highest BCUT2D eigenvalue weighted by molar-refractivity contribution is 5.97. The van der Waals surface area contributed by atoms with E-state index in [1.54, 1.807) is 7.11 Å². The van der Waals surface area contributed by atoms with E-state index in [-0.39, 0.29) is 0 Å². The van der Waals surface area contributed by atoms with Crippen molar-refractivity contribution in [2.45, 2.75) is 13.3 Å². The van der Waals surface area contributed by atoms with Crippen LogP contribution in [0.2, 0.25) is 0 Å². The van der Waals surface area contributed by atoms with Gasteiger partial charge in [-0.25, -0.2) is 0 Å². The largest absolute Gasteiger partial charge is 0.497 e. The summed E-state index contributed by atoms with van der Waals surface area (Å²) in [6.45, 7) is 2.18. The van der Waals surface area contributed by atoms with Crippen LogP contribution in [-0.2, 0) is 6.42 Å². The second-order valence-corrected chi connectivity index (χ2v) is 6.46. The van der Waals surface area contributed by atoms with Gasteiger partial charge < -0.3 is 9.47 Å². The van der Waals surface area contributed by atoms with E-state index in [9.17, 15) is 0 Å². The Morgan fingerprint density at radius 2 is 1.44 bits per heavy atom.